The third-order valence-corrected chi connectivity index (χ3v) is 7.51. The van der Waals surface area contributed by atoms with Crippen molar-refractivity contribution >= 4 is 0 Å². The minimum Gasteiger partial charge on any atom is -0.507 e. The van der Waals surface area contributed by atoms with Gasteiger partial charge in [-0.1, -0.05) is 72.6 Å². The van der Waals surface area contributed by atoms with Crippen molar-refractivity contribution in [2.75, 3.05) is 0 Å². The zero-order valence-electron chi connectivity index (χ0n) is 21.2. The highest BCUT2D eigenvalue weighted by Crippen LogP contribution is 2.46. The van der Waals surface area contributed by atoms with Gasteiger partial charge in [0.2, 0.25) is 0 Å². The highest BCUT2D eigenvalue weighted by Gasteiger charge is 2.37. The molecule has 1 aromatic rings. The summed E-state index contributed by atoms with van der Waals surface area (Å²) >= 11 is 0. The van der Waals surface area contributed by atoms with Crippen LogP contribution in [0.4, 0.5) is 0 Å². The molecule has 1 aliphatic heterocycles. The molecule has 0 amide bonds. The van der Waals surface area contributed by atoms with E-state index in [1.807, 2.05) is 13.8 Å². The van der Waals surface area contributed by atoms with E-state index in [0.717, 1.165) is 53.0 Å². The van der Waals surface area contributed by atoms with Crippen molar-refractivity contribution in [3.05, 3.63) is 22.3 Å². The lowest BCUT2D eigenvalue weighted by atomic mass is 9.87. The summed E-state index contributed by atoms with van der Waals surface area (Å²) in [4.78, 5) is 0. The Balaban J connectivity index is 1.71. The van der Waals surface area contributed by atoms with Crippen molar-refractivity contribution in [2.24, 2.45) is 17.8 Å². The van der Waals surface area contributed by atoms with E-state index in [-0.39, 0.29) is 5.60 Å². The predicted octanol–water partition coefficient (Wildman–Crippen LogP) is 8.45. The van der Waals surface area contributed by atoms with E-state index in [9.17, 15) is 5.11 Å². The molecule has 172 valence electrons. The van der Waals surface area contributed by atoms with Crippen LogP contribution >= 0.6 is 0 Å². The first-order chi connectivity index (χ1) is 14.0. The number of ether oxygens (including phenoxy) is 1. The van der Waals surface area contributed by atoms with Gasteiger partial charge in [0, 0.05) is 12.0 Å². The summed E-state index contributed by atoms with van der Waals surface area (Å²) in [7, 11) is 0. The summed E-state index contributed by atoms with van der Waals surface area (Å²) in [5.41, 5.74) is 4.17. The maximum absolute atomic E-state index is 10.4. The summed E-state index contributed by atoms with van der Waals surface area (Å²) in [6, 6.07) is 0. The molecular formula is C28H48O2. The van der Waals surface area contributed by atoms with Gasteiger partial charge in [-0.25, -0.2) is 0 Å². The standard InChI is InChI=1S/C28H48O2/c1-19(2)12-9-13-20(3)14-10-15-21(4)16-11-17-28(8)18-25-24(7)26(29)22(5)23(6)27(25)30-28/h19-21,29H,9-18H2,1-8H3. The van der Waals surface area contributed by atoms with Crippen molar-refractivity contribution in [2.45, 2.75) is 125 Å². The first kappa shape index (κ1) is 25.1. The molecular weight excluding hydrogens is 368 g/mol. The number of hydrogen-bond acceptors (Lipinski definition) is 2. The van der Waals surface area contributed by atoms with Gasteiger partial charge in [-0.15, -0.1) is 0 Å². The van der Waals surface area contributed by atoms with Gasteiger partial charge in [0.1, 0.15) is 17.1 Å². The molecule has 0 spiro atoms. The number of hydrogen-bond donors (Lipinski definition) is 1. The van der Waals surface area contributed by atoms with Crippen LogP contribution in [-0.4, -0.2) is 10.7 Å². The minimum absolute atomic E-state index is 0.122. The monoisotopic (exact) mass is 416 g/mol. The Morgan fingerprint density at radius 2 is 1.33 bits per heavy atom. The summed E-state index contributed by atoms with van der Waals surface area (Å²) in [5, 5.41) is 10.4. The Labute approximate surface area is 186 Å². The fourth-order valence-corrected chi connectivity index (χ4v) is 5.12. The number of fused-ring (bicyclic) bond motifs is 1. The summed E-state index contributed by atoms with van der Waals surface area (Å²) in [5.74, 6) is 4.01. The Hall–Kier alpha value is -1.18. The van der Waals surface area contributed by atoms with Crippen LogP contribution in [0.3, 0.4) is 0 Å². The van der Waals surface area contributed by atoms with E-state index in [4.69, 9.17) is 4.74 Å². The van der Waals surface area contributed by atoms with Crippen LogP contribution in [0.25, 0.3) is 0 Å². The van der Waals surface area contributed by atoms with Crippen LogP contribution in [0.2, 0.25) is 0 Å². The molecule has 1 heterocycles. The third-order valence-electron chi connectivity index (χ3n) is 7.51. The molecule has 1 N–H and O–H groups in total. The molecule has 30 heavy (non-hydrogen) atoms. The van der Waals surface area contributed by atoms with Crippen molar-refractivity contribution in [1.82, 2.24) is 0 Å². The van der Waals surface area contributed by atoms with Crippen LogP contribution in [0.1, 0.15) is 115 Å². The van der Waals surface area contributed by atoms with Crippen molar-refractivity contribution in [1.29, 1.82) is 0 Å². The van der Waals surface area contributed by atoms with Crippen molar-refractivity contribution < 1.29 is 9.84 Å². The van der Waals surface area contributed by atoms with Crippen LogP contribution in [0, 0.1) is 38.5 Å². The van der Waals surface area contributed by atoms with Gasteiger partial charge in [-0.05, 0) is 75.0 Å². The van der Waals surface area contributed by atoms with Crippen molar-refractivity contribution in [3.63, 3.8) is 0 Å². The number of rotatable bonds is 12. The van der Waals surface area contributed by atoms with Crippen LogP contribution in [0.5, 0.6) is 11.5 Å². The zero-order chi connectivity index (χ0) is 22.5. The Bertz CT molecular complexity index is 652. The Morgan fingerprint density at radius 3 is 1.90 bits per heavy atom. The quantitative estimate of drug-likeness (QED) is 0.370. The molecule has 0 aliphatic carbocycles. The number of aromatic hydroxyl groups is 1. The molecule has 0 saturated carbocycles. The van der Waals surface area contributed by atoms with Gasteiger partial charge in [0.05, 0.1) is 0 Å². The largest absolute Gasteiger partial charge is 0.507 e. The molecule has 1 aromatic carbocycles. The van der Waals surface area contributed by atoms with E-state index in [1.54, 1.807) is 0 Å². The molecule has 0 fully saturated rings. The second kappa shape index (κ2) is 10.9. The first-order valence-corrected chi connectivity index (χ1v) is 12.5. The smallest absolute Gasteiger partial charge is 0.127 e. The number of phenols is 1. The number of phenolic OH excluding ortho intramolecular Hbond substituents is 1. The Kier molecular flexibility index (Phi) is 9.13. The molecule has 1 aliphatic rings. The average Bonchev–Trinajstić information content (AvgIpc) is 3.02. The molecule has 0 radical (unpaired) electrons. The molecule has 3 unspecified atom stereocenters. The highest BCUT2D eigenvalue weighted by molar-refractivity contribution is 5.59. The van der Waals surface area contributed by atoms with Crippen LogP contribution < -0.4 is 4.74 Å². The molecule has 0 aromatic heterocycles. The van der Waals surface area contributed by atoms with E-state index < -0.39 is 0 Å². The fourth-order valence-electron chi connectivity index (χ4n) is 5.12. The predicted molar refractivity (Wildman–Crippen MR) is 130 cm³/mol. The topological polar surface area (TPSA) is 29.5 Å². The van der Waals surface area contributed by atoms with E-state index in [2.05, 4.69) is 41.5 Å². The van der Waals surface area contributed by atoms with Gasteiger partial charge >= 0.3 is 0 Å². The lowest BCUT2D eigenvalue weighted by Crippen LogP contribution is -2.30. The third kappa shape index (κ3) is 6.66. The summed E-state index contributed by atoms with van der Waals surface area (Å²) < 4.78 is 6.48. The second-order valence-corrected chi connectivity index (χ2v) is 11.1. The Morgan fingerprint density at radius 1 is 0.800 bits per heavy atom. The fraction of sp³-hybridized carbons (Fsp3) is 0.786. The molecule has 0 bridgehead atoms. The van der Waals surface area contributed by atoms with Crippen LogP contribution in [0.15, 0.2) is 0 Å². The second-order valence-electron chi connectivity index (χ2n) is 11.1. The first-order valence-electron chi connectivity index (χ1n) is 12.5. The van der Waals surface area contributed by atoms with Crippen LogP contribution in [-0.2, 0) is 6.42 Å². The van der Waals surface area contributed by atoms with Gasteiger partial charge in [-0.3, -0.25) is 0 Å². The molecule has 0 saturated heterocycles. The average molecular weight is 417 g/mol. The van der Waals surface area contributed by atoms with Gasteiger partial charge in [-0.2, -0.15) is 0 Å². The lowest BCUT2D eigenvalue weighted by molar-refractivity contribution is 0.0997. The van der Waals surface area contributed by atoms with Gasteiger partial charge in [0.15, 0.2) is 0 Å². The van der Waals surface area contributed by atoms with Gasteiger partial charge in [0.25, 0.3) is 0 Å². The van der Waals surface area contributed by atoms with E-state index >= 15 is 0 Å². The maximum Gasteiger partial charge on any atom is 0.127 e. The van der Waals surface area contributed by atoms with E-state index in [0.29, 0.717) is 5.75 Å². The molecule has 3 atom stereocenters. The summed E-state index contributed by atoms with van der Waals surface area (Å²) in [6.45, 7) is 17.9. The molecule has 2 nitrogen and oxygen atoms in total. The lowest BCUT2D eigenvalue weighted by Gasteiger charge is -2.25. The van der Waals surface area contributed by atoms with Crippen molar-refractivity contribution in [3.8, 4) is 11.5 Å². The number of benzene rings is 1. The summed E-state index contributed by atoms with van der Waals surface area (Å²) in [6.07, 6.45) is 12.8. The maximum atomic E-state index is 10.4. The van der Waals surface area contributed by atoms with E-state index in [1.165, 1.54) is 56.9 Å². The zero-order valence-corrected chi connectivity index (χ0v) is 21.2. The molecule has 2 heteroatoms. The molecule has 2 rings (SSSR count). The minimum atomic E-state index is -0.122. The van der Waals surface area contributed by atoms with Gasteiger partial charge < -0.3 is 9.84 Å². The SMILES string of the molecule is Cc1c(C)c2c(c(C)c1O)CC(C)(CCCC(C)CCCC(C)CCCC(C)C)O2. The normalized spacial score (nSPS) is 20.3. The highest BCUT2D eigenvalue weighted by atomic mass is 16.5.